The van der Waals surface area contributed by atoms with Crippen LogP contribution >= 0.6 is 11.3 Å². The van der Waals surface area contributed by atoms with Gasteiger partial charge in [0.2, 0.25) is 0 Å². The van der Waals surface area contributed by atoms with Crippen LogP contribution in [-0.2, 0) is 19.4 Å². The number of carbonyl (C=O) groups is 1. The minimum Gasteiger partial charge on any atom is -0.390 e. The predicted octanol–water partition coefficient (Wildman–Crippen LogP) is 5.23. The molecule has 1 amide bonds. The molecule has 3 N–H and O–H groups in total. The molecule has 0 aliphatic heterocycles. The van der Waals surface area contributed by atoms with Crippen molar-refractivity contribution in [2.75, 3.05) is 6.54 Å². The fraction of sp³-hybridized carbons (Fsp3) is 0.250. The largest absolute Gasteiger partial charge is 0.390 e. The van der Waals surface area contributed by atoms with E-state index in [4.69, 9.17) is 0 Å². The van der Waals surface area contributed by atoms with Crippen molar-refractivity contribution in [3.63, 3.8) is 0 Å². The number of aliphatic hydroxyl groups excluding tert-OH is 1. The first-order valence-electron chi connectivity index (χ1n) is 11.6. The first-order valence-corrected chi connectivity index (χ1v) is 12.4. The second-order valence-corrected chi connectivity index (χ2v) is 9.67. The standard InChI is InChI=1S/C28H28F2N2O2S/c1-2-18-6-5-7-19(10-18)16-31-17-25(33)24(13-20-11-22(29)15-23(30)12-20)32-28(34)27-14-21-8-3-4-9-26(21)35-27/h3-12,14-15,24-25,31,33H,2,13,16-17H2,1H3,(H,32,34)/t24-,25+/m0/s1. The number of hydrogen-bond donors (Lipinski definition) is 3. The Bertz CT molecular complexity index is 1250. The van der Waals surface area contributed by atoms with Crippen LogP contribution in [0.1, 0.15) is 33.3 Å². The highest BCUT2D eigenvalue weighted by Crippen LogP contribution is 2.25. The number of fused-ring (bicyclic) bond motifs is 1. The second-order valence-electron chi connectivity index (χ2n) is 8.58. The molecular formula is C28H28F2N2O2S. The number of halogens is 2. The first-order chi connectivity index (χ1) is 16.9. The summed E-state index contributed by atoms with van der Waals surface area (Å²) in [7, 11) is 0. The lowest BCUT2D eigenvalue weighted by atomic mass is 10.0. The molecule has 4 nitrogen and oxygen atoms in total. The molecular weight excluding hydrogens is 466 g/mol. The van der Waals surface area contributed by atoms with Crippen LogP contribution in [0.25, 0.3) is 10.1 Å². The lowest BCUT2D eigenvalue weighted by Crippen LogP contribution is -2.48. The van der Waals surface area contributed by atoms with E-state index in [0.29, 0.717) is 17.0 Å². The van der Waals surface area contributed by atoms with Crippen molar-refractivity contribution in [2.24, 2.45) is 0 Å². The highest BCUT2D eigenvalue weighted by molar-refractivity contribution is 7.20. The van der Waals surface area contributed by atoms with Crippen LogP contribution in [0.4, 0.5) is 8.78 Å². The van der Waals surface area contributed by atoms with E-state index in [0.717, 1.165) is 28.1 Å². The van der Waals surface area contributed by atoms with Gasteiger partial charge in [0.05, 0.1) is 17.0 Å². The molecule has 0 saturated heterocycles. The Morgan fingerprint density at radius 1 is 0.943 bits per heavy atom. The van der Waals surface area contributed by atoms with Gasteiger partial charge >= 0.3 is 0 Å². The summed E-state index contributed by atoms with van der Waals surface area (Å²) >= 11 is 1.36. The van der Waals surface area contributed by atoms with Crippen LogP contribution in [0.2, 0.25) is 0 Å². The maximum atomic E-state index is 13.8. The molecule has 0 aliphatic rings. The van der Waals surface area contributed by atoms with Gasteiger partial charge in [-0.05, 0) is 59.2 Å². The molecule has 0 aliphatic carbocycles. The quantitative estimate of drug-likeness (QED) is 0.283. The fourth-order valence-electron chi connectivity index (χ4n) is 4.07. The maximum Gasteiger partial charge on any atom is 0.261 e. The molecule has 0 radical (unpaired) electrons. The van der Waals surface area contributed by atoms with E-state index >= 15 is 0 Å². The van der Waals surface area contributed by atoms with Crippen LogP contribution in [0.3, 0.4) is 0 Å². The smallest absolute Gasteiger partial charge is 0.261 e. The van der Waals surface area contributed by atoms with Crippen molar-refractivity contribution < 1.29 is 18.7 Å². The van der Waals surface area contributed by atoms with Crippen LogP contribution in [0.15, 0.2) is 72.8 Å². The summed E-state index contributed by atoms with van der Waals surface area (Å²) in [5, 5.41) is 18.0. The van der Waals surface area contributed by atoms with Gasteiger partial charge in [-0.3, -0.25) is 4.79 Å². The number of aryl methyl sites for hydroxylation is 1. The molecule has 4 rings (SSSR count). The molecule has 1 aromatic heterocycles. The van der Waals surface area contributed by atoms with Gasteiger partial charge in [-0.1, -0.05) is 49.4 Å². The van der Waals surface area contributed by atoms with E-state index in [1.807, 2.05) is 36.4 Å². The van der Waals surface area contributed by atoms with Gasteiger partial charge in [-0.15, -0.1) is 11.3 Å². The topological polar surface area (TPSA) is 61.4 Å². The highest BCUT2D eigenvalue weighted by atomic mass is 32.1. The molecule has 7 heteroatoms. The lowest BCUT2D eigenvalue weighted by Gasteiger charge is -2.25. The third-order valence-electron chi connectivity index (χ3n) is 5.89. The van der Waals surface area contributed by atoms with Gasteiger partial charge in [0.15, 0.2) is 0 Å². The third-order valence-corrected chi connectivity index (χ3v) is 7.01. The summed E-state index contributed by atoms with van der Waals surface area (Å²) in [6, 6.07) is 20.2. The number of thiophene rings is 1. The highest BCUT2D eigenvalue weighted by Gasteiger charge is 2.24. The van der Waals surface area contributed by atoms with E-state index in [-0.39, 0.29) is 18.9 Å². The molecule has 35 heavy (non-hydrogen) atoms. The normalized spacial score (nSPS) is 13.0. The zero-order valence-corrected chi connectivity index (χ0v) is 20.2. The number of nitrogens with one attached hydrogen (secondary N) is 2. The van der Waals surface area contributed by atoms with E-state index < -0.39 is 23.8 Å². The molecule has 1 heterocycles. The summed E-state index contributed by atoms with van der Waals surface area (Å²) in [5.41, 5.74) is 2.68. The van der Waals surface area contributed by atoms with E-state index in [9.17, 15) is 18.7 Å². The number of carbonyl (C=O) groups excluding carboxylic acids is 1. The van der Waals surface area contributed by atoms with Gasteiger partial charge < -0.3 is 15.7 Å². The van der Waals surface area contributed by atoms with Crippen LogP contribution in [0, 0.1) is 11.6 Å². The van der Waals surface area contributed by atoms with Crippen LogP contribution in [0.5, 0.6) is 0 Å². The van der Waals surface area contributed by atoms with Gasteiger partial charge in [0, 0.05) is 23.9 Å². The Morgan fingerprint density at radius 3 is 2.43 bits per heavy atom. The monoisotopic (exact) mass is 494 g/mol. The predicted molar refractivity (Wildman–Crippen MR) is 137 cm³/mol. The van der Waals surface area contributed by atoms with Crippen molar-refractivity contribution >= 4 is 27.3 Å². The third kappa shape index (κ3) is 6.72. The Balaban J connectivity index is 1.47. The van der Waals surface area contributed by atoms with Crippen LogP contribution < -0.4 is 10.6 Å². The molecule has 182 valence electrons. The van der Waals surface area contributed by atoms with E-state index in [1.54, 1.807) is 6.07 Å². The van der Waals surface area contributed by atoms with E-state index in [2.05, 4.69) is 29.7 Å². The van der Waals surface area contributed by atoms with Crippen molar-refractivity contribution in [3.05, 3.63) is 106 Å². The van der Waals surface area contributed by atoms with Crippen LogP contribution in [-0.4, -0.2) is 29.7 Å². The molecule has 0 unspecified atom stereocenters. The number of amides is 1. The minimum absolute atomic E-state index is 0.0828. The summed E-state index contributed by atoms with van der Waals surface area (Å²) in [4.78, 5) is 13.6. The molecule has 0 bridgehead atoms. The Morgan fingerprint density at radius 2 is 1.69 bits per heavy atom. The Hall–Kier alpha value is -3.13. The molecule has 4 aromatic rings. The van der Waals surface area contributed by atoms with Gasteiger partial charge in [0.1, 0.15) is 11.6 Å². The number of hydrogen-bond acceptors (Lipinski definition) is 4. The summed E-state index contributed by atoms with van der Waals surface area (Å²) in [6.45, 7) is 2.84. The zero-order valence-electron chi connectivity index (χ0n) is 19.4. The summed E-state index contributed by atoms with van der Waals surface area (Å²) < 4.78 is 28.5. The fourth-order valence-corrected chi connectivity index (χ4v) is 5.03. The van der Waals surface area contributed by atoms with Gasteiger partial charge in [0.25, 0.3) is 5.91 Å². The van der Waals surface area contributed by atoms with Gasteiger partial charge in [-0.25, -0.2) is 8.78 Å². The SMILES string of the molecule is CCc1cccc(CNC[C@@H](O)[C@H](Cc2cc(F)cc(F)c2)NC(=O)c2cc3ccccc3s2)c1. The molecule has 2 atom stereocenters. The maximum absolute atomic E-state index is 13.8. The van der Waals surface area contributed by atoms with Crippen molar-refractivity contribution in [1.29, 1.82) is 0 Å². The number of aliphatic hydroxyl groups is 1. The lowest BCUT2D eigenvalue weighted by molar-refractivity contribution is 0.0833. The number of benzene rings is 3. The first kappa shape index (κ1) is 25.0. The van der Waals surface area contributed by atoms with Crippen molar-refractivity contribution in [2.45, 2.75) is 38.5 Å². The average molecular weight is 495 g/mol. The minimum atomic E-state index is -0.978. The van der Waals surface area contributed by atoms with Crippen molar-refractivity contribution in [1.82, 2.24) is 10.6 Å². The molecule has 0 fully saturated rings. The Labute approximate surface area is 207 Å². The summed E-state index contributed by atoms with van der Waals surface area (Å²) in [6.07, 6.45) is 0.0421. The van der Waals surface area contributed by atoms with Crippen molar-refractivity contribution in [3.8, 4) is 0 Å². The molecule has 0 saturated carbocycles. The molecule has 0 spiro atoms. The average Bonchev–Trinajstić information content (AvgIpc) is 3.28. The summed E-state index contributed by atoms with van der Waals surface area (Å²) in [5.74, 6) is -1.72. The Kier molecular flexibility index (Phi) is 8.23. The zero-order chi connectivity index (χ0) is 24.8. The van der Waals surface area contributed by atoms with E-state index in [1.165, 1.54) is 29.0 Å². The number of rotatable bonds is 10. The molecule has 3 aromatic carbocycles. The second kappa shape index (κ2) is 11.5. The van der Waals surface area contributed by atoms with Gasteiger partial charge in [-0.2, -0.15) is 0 Å².